The zero-order valence-corrected chi connectivity index (χ0v) is 12.9. The summed E-state index contributed by atoms with van der Waals surface area (Å²) in [6.07, 6.45) is 0. The average molecular weight is 313 g/mol. The Hall–Kier alpha value is -2.47. The van der Waals surface area contributed by atoms with Crippen molar-refractivity contribution in [2.24, 2.45) is 0 Å². The molecule has 2 heterocycles. The van der Waals surface area contributed by atoms with Gasteiger partial charge in [0.2, 0.25) is 0 Å². The van der Waals surface area contributed by atoms with Crippen LogP contribution in [0.25, 0.3) is 10.9 Å². The van der Waals surface area contributed by atoms with Gasteiger partial charge in [0.05, 0.1) is 15.8 Å². The van der Waals surface area contributed by atoms with Crippen molar-refractivity contribution in [1.82, 2.24) is 14.9 Å². The predicted octanol–water partition coefficient (Wildman–Crippen LogP) is 2.20. The number of hydrogen-bond donors (Lipinski definition) is 1. The summed E-state index contributed by atoms with van der Waals surface area (Å²) in [7, 11) is 0. The SMILES string of the molecule is Cc1nc2ccccc2c(=O)n1CCNC(=O)c1cccs1. The maximum absolute atomic E-state index is 12.5. The molecule has 3 rings (SSSR count). The molecule has 0 spiro atoms. The minimum atomic E-state index is -0.116. The van der Waals surface area contributed by atoms with E-state index < -0.39 is 0 Å². The lowest BCUT2D eigenvalue weighted by atomic mass is 10.2. The van der Waals surface area contributed by atoms with Crippen LogP contribution in [-0.2, 0) is 6.54 Å². The number of thiophene rings is 1. The maximum atomic E-state index is 12.5. The largest absolute Gasteiger partial charge is 0.350 e. The number of fused-ring (bicyclic) bond motifs is 1. The van der Waals surface area contributed by atoms with Crippen LogP contribution >= 0.6 is 11.3 Å². The topological polar surface area (TPSA) is 64.0 Å². The minimum Gasteiger partial charge on any atom is -0.350 e. The molecule has 0 fully saturated rings. The first-order valence-corrected chi connectivity index (χ1v) is 7.82. The van der Waals surface area contributed by atoms with Crippen LogP contribution in [0.5, 0.6) is 0 Å². The highest BCUT2D eigenvalue weighted by molar-refractivity contribution is 7.12. The second-order valence-electron chi connectivity index (χ2n) is 4.87. The van der Waals surface area contributed by atoms with E-state index in [9.17, 15) is 9.59 Å². The molecule has 0 aliphatic carbocycles. The number of benzene rings is 1. The summed E-state index contributed by atoms with van der Waals surface area (Å²) in [5, 5.41) is 5.27. The molecule has 0 saturated heterocycles. The number of nitrogens with one attached hydrogen (secondary N) is 1. The molecule has 1 amide bonds. The molecule has 6 heteroatoms. The quantitative estimate of drug-likeness (QED) is 0.803. The number of aromatic nitrogens is 2. The van der Waals surface area contributed by atoms with Crippen LogP contribution in [0.2, 0.25) is 0 Å². The molecule has 22 heavy (non-hydrogen) atoms. The van der Waals surface area contributed by atoms with Crippen LogP contribution in [0, 0.1) is 6.92 Å². The van der Waals surface area contributed by atoms with E-state index in [1.54, 1.807) is 23.6 Å². The summed E-state index contributed by atoms with van der Waals surface area (Å²) in [4.78, 5) is 29.4. The number of nitrogens with zero attached hydrogens (tertiary/aromatic N) is 2. The number of carbonyl (C=O) groups is 1. The fraction of sp³-hybridized carbons (Fsp3) is 0.188. The molecule has 0 aliphatic rings. The van der Waals surface area contributed by atoms with Crippen LogP contribution < -0.4 is 10.9 Å². The number of rotatable bonds is 4. The molecule has 0 atom stereocenters. The van der Waals surface area contributed by atoms with E-state index >= 15 is 0 Å². The molecular formula is C16H15N3O2S. The normalized spacial score (nSPS) is 10.8. The van der Waals surface area contributed by atoms with E-state index in [0.717, 1.165) is 0 Å². The van der Waals surface area contributed by atoms with Crippen molar-refractivity contribution in [2.45, 2.75) is 13.5 Å². The van der Waals surface area contributed by atoms with Gasteiger partial charge in [-0.3, -0.25) is 14.2 Å². The van der Waals surface area contributed by atoms with E-state index in [1.807, 2.05) is 29.6 Å². The van der Waals surface area contributed by atoms with Crippen LogP contribution in [0.15, 0.2) is 46.6 Å². The molecule has 0 aliphatic heterocycles. The van der Waals surface area contributed by atoms with E-state index in [-0.39, 0.29) is 11.5 Å². The van der Waals surface area contributed by atoms with Gasteiger partial charge in [-0.2, -0.15) is 0 Å². The summed E-state index contributed by atoms with van der Waals surface area (Å²) in [6.45, 7) is 2.59. The van der Waals surface area contributed by atoms with Gasteiger partial charge in [0, 0.05) is 13.1 Å². The Morgan fingerprint density at radius 2 is 2.09 bits per heavy atom. The first-order chi connectivity index (χ1) is 10.7. The lowest BCUT2D eigenvalue weighted by molar-refractivity contribution is 0.0956. The zero-order valence-electron chi connectivity index (χ0n) is 12.1. The monoisotopic (exact) mass is 313 g/mol. The molecule has 1 N–H and O–H groups in total. The molecule has 0 saturated carbocycles. The Labute approximate surface area is 131 Å². The highest BCUT2D eigenvalue weighted by Gasteiger charge is 2.09. The minimum absolute atomic E-state index is 0.0755. The molecule has 2 aromatic heterocycles. The second kappa shape index (κ2) is 6.11. The van der Waals surface area contributed by atoms with Gasteiger partial charge in [-0.1, -0.05) is 18.2 Å². The van der Waals surface area contributed by atoms with E-state index in [4.69, 9.17) is 0 Å². The van der Waals surface area contributed by atoms with Crippen molar-refractivity contribution in [1.29, 1.82) is 0 Å². The van der Waals surface area contributed by atoms with Crippen molar-refractivity contribution in [3.8, 4) is 0 Å². The Kier molecular flexibility index (Phi) is 4.02. The van der Waals surface area contributed by atoms with Gasteiger partial charge >= 0.3 is 0 Å². The Morgan fingerprint density at radius 3 is 2.86 bits per heavy atom. The Bertz CT molecular complexity index is 869. The summed E-state index contributed by atoms with van der Waals surface area (Å²) in [6, 6.07) is 10.9. The fourth-order valence-electron chi connectivity index (χ4n) is 2.32. The van der Waals surface area contributed by atoms with Gasteiger partial charge < -0.3 is 5.32 Å². The predicted molar refractivity (Wildman–Crippen MR) is 87.4 cm³/mol. The molecule has 3 aromatic rings. The number of amides is 1. The second-order valence-corrected chi connectivity index (χ2v) is 5.81. The fourth-order valence-corrected chi connectivity index (χ4v) is 2.96. The third-order valence-electron chi connectivity index (χ3n) is 3.42. The zero-order chi connectivity index (χ0) is 15.5. The van der Waals surface area contributed by atoms with Crippen molar-refractivity contribution in [3.63, 3.8) is 0 Å². The average Bonchev–Trinajstić information content (AvgIpc) is 3.05. The molecule has 112 valence electrons. The summed E-state index contributed by atoms with van der Waals surface area (Å²) in [5.74, 6) is 0.531. The lowest BCUT2D eigenvalue weighted by Crippen LogP contribution is -2.32. The summed E-state index contributed by atoms with van der Waals surface area (Å²) >= 11 is 1.39. The molecule has 1 aromatic carbocycles. The van der Waals surface area contributed by atoms with E-state index in [1.165, 1.54) is 11.3 Å². The molecule has 0 bridgehead atoms. The number of carbonyl (C=O) groups excluding carboxylic acids is 1. The third-order valence-corrected chi connectivity index (χ3v) is 4.29. The van der Waals surface area contributed by atoms with Crippen molar-refractivity contribution in [2.75, 3.05) is 6.54 Å². The highest BCUT2D eigenvalue weighted by atomic mass is 32.1. The Morgan fingerprint density at radius 1 is 1.27 bits per heavy atom. The van der Waals surface area contributed by atoms with E-state index in [2.05, 4.69) is 10.3 Å². The number of para-hydroxylation sites is 1. The molecule has 0 unspecified atom stereocenters. The standard InChI is InChI=1S/C16H15N3O2S/c1-11-18-13-6-3-2-5-12(13)16(21)19(11)9-8-17-15(20)14-7-4-10-22-14/h2-7,10H,8-9H2,1H3,(H,17,20). The molecular weight excluding hydrogens is 298 g/mol. The van der Waals surface area contributed by atoms with Crippen LogP contribution in [0.1, 0.15) is 15.5 Å². The van der Waals surface area contributed by atoms with Gasteiger partial charge in [-0.05, 0) is 30.5 Å². The van der Waals surface area contributed by atoms with Gasteiger partial charge in [-0.25, -0.2) is 4.98 Å². The summed E-state index contributed by atoms with van der Waals surface area (Å²) < 4.78 is 1.59. The molecule has 5 nitrogen and oxygen atoms in total. The van der Waals surface area contributed by atoms with Gasteiger partial charge in [0.15, 0.2) is 0 Å². The van der Waals surface area contributed by atoms with Crippen LogP contribution in [-0.4, -0.2) is 22.0 Å². The highest BCUT2D eigenvalue weighted by Crippen LogP contribution is 2.08. The van der Waals surface area contributed by atoms with Crippen molar-refractivity contribution in [3.05, 3.63) is 62.8 Å². The maximum Gasteiger partial charge on any atom is 0.261 e. The first-order valence-electron chi connectivity index (χ1n) is 6.94. The van der Waals surface area contributed by atoms with Crippen molar-refractivity contribution >= 4 is 28.1 Å². The van der Waals surface area contributed by atoms with E-state index in [0.29, 0.717) is 34.7 Å². The Balaban J connectivity index is 1.77. The van der Waals surface area contributed by atoms with Crippen molar-refractivity contribution < 1.29 is 4.79 Å². The summed E-state index contributed by atoms with van der Waals surface area (Å²) in [5.41, 5.74) is 0.623. The number of aryl methyl sites for hydroxylation is 1. The van der Waals surface area contributed by atoms with Crippen LogP contribution in [0.3, 0.4) is 0 Å². The first kappa shape index (κ1) is 14.5. The van der Waals surface area contributed by atoms with Gasteiger partial charge in [0.1, 0.15) is 5.82 Å². The number of hydrogen-bond acceptors (Lipinski definition) is 4. The molecule has 0 radical (unpaired) electrons. The lowest BCUT2D eigenvalue weighted by Gasteiger charge is -2.11. The third kappa shape index (κ3) is 2.78. The van der Waals surface area contributed by atoms with Crippen LogP contribution in [0.4, 0.5) is 0 Å². The van der Waals surface area contributed by atoms with Gasteiger partial charge in [-0.15, -0.1) is 11.3 Å². The smallest absolute Gasteiger partial charge is 0.261 e. The van der Waals surface area contributed by atoms with Gasteiger partial charge in [0.25, 0.3) is 11.5 Å².